The predicted octanol–water partition coefficient (Wildman–Crippen LogP) is 0.983. The molecule has 106 valence electrons. The van der Waals surface area contributed by atoms with Gasteiger partial charge in [0.15, 0.2) is 5.75 Å². The van der Waals surface area contributed by atoms with Crippen LogP contribution in [0.5, 0.6) is 5.75 Å². The van der Waals surface area contributed by atoms with Gasteiger partial charge in [-0.15, -0.1) is 0 Å². The number of methoxy groups -OCH3 is 1. The third-order valence-electron chi connectivity index (χ3n) is 4.42. The van der Waals surface area contributed by atoms with Gasteiger partial charge in [0.05, 0.1) is 37.3 Å². The van der Waals surface area contributed by atoms with E-state index < -0.39 is 0 Å². The van der Waals surface area contributed by atoms with Gasteiger partial charge < -0.3 is 9.47 Å². The summed E-state index contributed by atoms with van der Waals surface area (Å²) in [5, 5.41) is 4.36. The molecule has 2 bridgehead atoms. The van der Waals surface area contributed by atoms with Crippen molar-refractivity contribution in [1.82, 2.24) is 15.2 Å². The van der Waals surface area contributed by atoms with Crippen LogP contribution < -0.4 is 16.0 Å². The van der Waals surface area contributed by atoms with Gasteiger partial charge in [-0.05, 0) is 26.2 Å². The number of hydrogen-bond donors (Lipinski definition) is 2. The van der Waals surface area contributed by atoms with Crippen molar-refractivity contribution in [2.24, 2.45) is 11.8 Å². The highest BCUT2D eigenvalue weighted by molar-refractivity contribution is 5.29. The van der Waals surface area contributed by atoms with Gasteiger partial charge in [0.1, 0.15) is 0 Å². The molecular weight excluding hydrogens is 244 g/mol. The predicted molar refractivity (Wildman–Crippen MR) is 70.5 cm³/mol. The lowest BCUT2D eigenvalue weighted by molar-refractivity contribution is 0.0847. The molecule has 0 aliphatic carbocycles. The molecule has 0 amide bonds. The Bertz CT molecular complexity index is 426. The van der Waals surface area contributed by atoms with Gasteiger partial charge in [-0.1, -0.05) is 0 Å². The van der Waals surface area contributed by atoms with Gasteiger partial charge in [0, 0.05) is 12.5 Å². The Balaban J connectivity index is 1.91. The lowest BCUT2D eigenvalue weighted by Gasteiger charge is -2.28. The van der Waals surface area contributed by atoms with Crippen LogP contribution in [-0.4, -0.2) is 29.1 Å². The first-order valence-electron chi connectivity index (χ1n) is 6.99. The molecule has 2 saturated heterocycles. The van der Waals surface area contributed by atoms with Crippen LogP contribution in [0.2, 0.25) is 0 Å². The molecule has 3 heterocycles. The molecule has 3 N–H and O–H groups in total. The van der Waals surface area contributed by atoms with E-state index in [0.717, 1.165) is 30.8 Å². The Morgan fingerprint density at radius 1 is 1.63 bits per heavy atom. The maximum Gasteiger partial charge on any atom is 0.161 e. The van der Waals surface area contributed by atoms with E-state index in [1.165, 1.54) is 6.42 Å². The van der Waals surface area contributed by atoms with Crippen molar-refractivity contribution in [2.75, 3.05) is 7.11 Å². The molecule has 4 unspecified atom stereocenters. The van der Waals surface area contributed by atoms with E-state index in [4.69, 9.17) is 15.3 Å². The summed E-state index contributed by atoms with van der Waals surface area (Å²) in [7, 11) is 1.67. The summed E-state index contributed by atoms with van der Waals surface area (Å²) in [5.41, 5.74) is 4.00. The first kappa shape index (κ1) is 12.9. The number of rotatable bonds is 5. The molecular formula is C13H22N4O2. The van der Waals surface area contributed by atoms with Gasteiger partial charge >= 0.3 is 0 Å². The first-order valence-corrected chi connectivity index (χ1v) is 6.99. The Labute approximate surface area is 113 Å². The minimum Gasteiger partial charge on any atom is -0.493 e. The van der Waals surface area contributed by atoms with Crippen molar-refractivity contribution >= 4 is 0 Å². The van der Waals surface area contributed by atoms with Gasteiger partial charge in [0.25, 0.3) is 0 Å². The molecule has 0 radical (unpaired) electrons. The minimum atomic E-state index is 0.0349. The van der Waals surface area contributed by atoms with Gasteiger partial charge in [0.2, 0.25) is 0 Å². The average Bonchev–Trinajstić information content (AvgIpc) is 3.14. The van der Waals surface area contributed by atoms with Crippen LogP contribution in [-0.2, 0) is 11.3 Å². The van der Waals surface area contributed by atoms with Gasteiger partial charge in [-0.2, -0.15) is 5.10 Å². The molecule has 6 nitrogen and oxygen atoms in total. The Hall–Kier alpha value is -1.11. The standard InChI is InChI=1S/C13H22N4O2/c1-3-17-13(11(18-2)7-15-17)12(16-14)9-6-8-4-5-10(9)19-8/h7-10,12,16H,3-6,14H2,1-2H3. The number of ether oxygens (including phenoxy) is 2. The number of hydrogen-bond acceptors (Lipinski definition) is 5. The van der Waals surface area contributed by atoms with E-state index in [1.54, 1.807) is 13.3 Å². The van der Waals surface area contributed by atoms with E-state index in [1.807, 2.05) is 4.68 Å². The summed E-state index contributed by atoms with van der Waals surface area (Å²) >= 11 is 0. The third kappa shape index (κ3) is 2.04. The van der Waals surface area contributed by atoms with Crippen LogP contribution >= 0.6 is 0 Å². The molecule has 1 aromatic rings. The summed E-state index contributed by atoms with van der Waals surface area (Å²) in [6.07, 6.45) is 5.87. The smallest absolute Gasteiger partial charge is 0.161 e. The number of fused-ring (bicyclic) bond motifs is 2. The topological polar surface area (TPSA) is 74.3 Å². The summed E-state index contributed by atoms with van der Waals surface area (Å²) < 4.78 is 13.3. The van der Waals surface area contributed by atoms with E-state index in [9.17, 15) is 0 Å². The Morgan fingerprint density at radius 2 is 2.47 bits per heavy atom. The molecule has 0 saturated carbocycles. The second-order valence-electron chi connectivity index (χ2n) is 5.33. The first-order chi connectivity index (χ1) is 9.28. The van der Waals surface area contributed by atoms with Crippen molar-refractivity contribution in [3.05, 3.63) is 11.9 Å². The molecule has 19 heavy (non-hydrogen) atoms. The molecule has 3 rings (SSSR count). The zero-order valence-corrected chi connectivity index (χ0v) is 11.5. The third-order valence-corrected chi connectivity index (χ3v) is 4.42. The van der Waals surface area contributed by atoms with Crippen molar-refractivity contribution in [1.29, 1.82) is 0 Å². The maximum absolute atomic E-state index is 5.95. The fourth-order valence-electron chi connectivity index (χ4n) is 3.53. The number of nitrogens with zero attached hydrogens (tertiary/aromatic N) is 2. The second-order valence-corrected chi connectivity index (χ2v) is 5.33. The number of hydrazine groups is 1. The largest absolute Gasteiger partial charge is 0.493 e. The fourth-order valence-corrected chi connectivity index (χ4v) is 3.53. The fraction of sp³-hybridized carbons (Fsp3) is 0.769. The maximum atomic E-state index is 5.95. The number of nitrogens with two attached hydrogens (primary N) is 1. The minimum absolute atomic E-state index is 0.0349. The average molecular weight is 266 g/mol. The number of nitrogens with one attached hydrogen (secondary N) is 1. The van der Waals surface area contributed by atoms with Crippen LogP contribution in [0, 0.1) is 5.92 Å². The van der Waals surface area contributed by atoms with Crippen molar-refractivity contribution in [3.63, 3.8) is 0 Å². The quantitative estimate of drug-likeness (QED) is 0.614. The van der Waals surface area contributed by atoms with E-state index in [0.29, 0.717) is 18.1 Å². The van der Waals surface area contributed by atoms with Crippen molar-refractivity contribution in [3.8, 4) is 5.75 Å². The van der Waals surface area contributed by atoms with Crippen molar-refractivity contribution in [2.45, 2.75) is 51.0 Å². The molecule has 2 aliphatic rings. The molecule has 0 spiro atoms. The van der Waals surface area contributed by atoms with Crippen LogP contribution in [0.1, 0.15) is 37.9 Å². The Kier molecular flexibility index (Phi) is 3.47. The SMILES string of the molecule is CCn1ncc(OC)c1C(NN)C1CC2CCC1O2. The van der Waals surface area contributed by atoms with Crippen LogP contribution in [0.3, 0.4) is 0 Å². The normalized spacial score (nSPS) is 30.8. The highest BCUT2D eigenvalue weighted by atomic mass is 16.5. The van der Waals surface area contributed by atoms with E-state index in [2.05, 4.69) is 17.4 Å². The van der Waals surface area contributed by atoms with Crippen molar-refractivity contribution < 1.29 is 9.47 Å². The summed E-state index contributed by atoms with van der Waals surface area (Å²) in [5.74, 6) is 7.02. The van der Waals surface area contributed by atoms with Crippen LogP contribution in [0.25, 0.3) is 0 Å². The Morgan fingerprint density at radius 3 is 3.00 bits per heavy atom. The summed E-state index contributed by atoms with van der Waals surface area (Å²) in [6, 6.07) is 0.0349. The van der Waals surface area contributed by atoms with Gasteiger partial charge in [-0.3, -0.25) is 16.0 Å². The summed E-state index contributed by atoms with van der Waals surface area (Å²) in [6.45, 7) is 2.87. The van der Waals surface area contributed by atoms with E-state index in [-0.39, 0.29) is 6.04 Å². The van der Waals surface area contributed by atoms with Crippen LogP contribution in [0.4, 0.5) is 0 Å². The van der Waals surface area contributed by atoms with Gasteiger partial charge in [-0.25, -0.2) is 0 Å². The van der Waals surface area contributed by atoms with E-state index >= 15 is 0 Å². The number of aromatic nitrogens is 2. The molecule has 2 fully saturated rings. The monoisotopic (exact) mass is 266 g/mol. The highest BCUT2D eigenvalue weighted by Gasteiger charge is 2.46. The molecule has 1 aromatic heterocycles. The summed E-state index contributed by atoms with van der Waals surface area (Å²) in [4.78, 5) is 0. The molecule has 0 aromatic carbocycles. The molecule has 2 aliphatic heterocycles. The highest BCUT2D eigenvalue weighted by Crippen LogP contribution is 2.45. The molecule has 4 atom stereocenters. The lowest BCUT2D eigenvalue weighted by Crippen LogP contribution is -2.39. The number of aryl methyl sites for hydroxylation is 1. The molecule has 6 heteroatoms. The second kappa shape index (κ2) is 5.11. The lowest BCUT2D eigenvalue weighted by atomic mass is 9.82. The zero-order valence-electron chi connectivity index (χ0n) is 11.5. The zero-order chi connectivity index (χ0) is 13.4. The van der Waals surface area contributed by atoms with Crippen LogP contribution in [0.15, 0.2) is 6.20 Å².